The number of carbonyl (C=O) groups excluding carboxylic acids is 2. The first-order valence-corrected chi connectivity index (χ1v) is 8.72. The topological polar surface area (TPSA) is 75.9 Å². The largest absolute Gasteiger partial charge is 0.444 e. The van der Waals surface area contributed by atoms with Crippen molar-refractivity contribution in [3.63, 3.8) is 0 Å². The van der Waals surface area contributed by atoms with Crippen LogP contribution in [0.3, 0.4) is 0 Å². The summed E-state index contributed by atoms with van der Waals surface area (Å²) in [7, 11) is 0. The highest BCUT2D eigenvalue weighted by Crippen LogP contribution is 2.16. The van der Waals surface area contributed by atoms with E-state index in [0.717, 1.165) is 11.1 Å². The lowest BCUT2D eigenvalue weighted by atomic mass is 10.1. The number of nitrogens with two attached hydrogens (primary N) is 1. The maximum atomic E-state index is 12.7. The molecule has 1 atom stereocenters. The van der Waals surface area contributed by atoms with E-state index in [1.807, 2.05) is 52.0 Å². The van der Waals surface area contributed by atoms with E-state index < -0.39 is 5.60 Å². The highest BCUT2D eigenvalue weighted by Gasteiger charge is 2.33. The molecule has 138 valence electrons. The SMILES string of the molecule is Cc1cccc(CC(=O)N2CCN(C(=O)OC(C)(C)C)CC2CN)c1. The van der Waals surface area contributed by atoms with E-state index in [1.165, 1.54) is 0 Å². The van der Waals surface area contributed by atoms with Gasteiger partial charge < -0.3 is 20.3 Å². The van der Waals surface area contributed by atoms with Gasteiger partial charge in [-0.2, -0.15) is 0 Å². The summed E-state index contributed by atoms with van der Waals surface area (Å²) in [5.74, 6) is 0.0462. The average Bonchev–Trinajstić information content (AvgIpc) is 2.52. The van der Waals surface area contributed by atoms with Gasteiger partial charge in [0.1, 0.15) is 5.60 Å². The minimum atomic E-state index is -0.534. The molecule has 2 amide bonds. The van der Waals surface area contributed by atoms with E-state index in [-0.39, 0.29) is 18.0 Å². The molecule has 0 saturated carbocycles. The Balaban J connectivity index is 1.99. The van der Waals surface area contributed by atoms with Crippen LogP contribution in [0, 0.1) is 6.92 Å². The Bertz CT molecular complexity index is 625. The summed E-state index contributed by atoms with van der Waals surface area (Å²) in [6, 6.07) is 7.76. The lowest BCUT2D eigenvalue weighted by Crippen LogP contribution is -2.59. The molecule has 0 aliphatic carbocycles. The van der Waals surface area contributed by atoms with Crippen LogP contribution in [0.1, 0.15) is 31.9 Å². The van der Waals surface area contributed by atoms with Crippen LogP contribution in [0.25, 0.3) is 0 Å². The summed E-state index contributed by atoms with van der Waals surface area (Å²) in [5.41, 5.74) is 7.46. The van der Waals surface area contributed by atoms with Gasteiger partial charge in [0.25, 0.3) is 0 Å². The van der Waals surface area contributed by atoms with Crippen molar-refractivity contribution >= 4 is 12.0 Å². The highest BCUT2D eigenvalue weighted by atomic mass is 16.6. The smallest absolute Gasteiger partial charge is 0.410 e. The van der Waals surface area contributed by atoms with Gasteiger partial charge in [-0.15, -0.1) is 0 Å². The van der Waals surface area contributed by atoms with Gasteiger partial charge in [0.15, 0.2) is 0 Å². The van der Waals surface area contributed by atoms with Gasteiger partial charge in [-0.3, -0.25) is 4.79 Å². The number of carbonyl (C=O) groups is 2. The van der Waals surface area contributed by atoms with E-state index in [2.05, 4.69) is 0 Å². The third-order valence-corrected chi connectivity index (χ3v) is 4.16. The second-order valence-corrected chi connectivity index (χ2v) is 7.57. The summed E-state index contributed by atoms with van der Waals surface area (Å²) in [5, 5.41) is 0. The normalized spacial score (nSPS) is 18.2. The lowest BCUT2D eigenvalue weighted by molar-refractivity contribution is -0.135. The Morgan fingerprint density at radius 2 is 2.00 bits per heavy atom. The molecule has 2 rings (SSSR count). The molecule has 1 aliphatic heterocycles. The molecule has 1 saturated heterocycles. The molecule has 25 heavy (non-hydrogen) atoms. The Morgan fingerprint density at radius 3 is 2.60 bits per heavy atom. The van der Waals surface area contributed by atoms with Gasteiger partial charge in [-0.05, 0) is 33.3 Å². The van der Waals surface area contributed by atoms with Crippen LogP contribution in [0.15, 0.2) is 24.3 Å². The van der Waals surface area contributed by atoms with E-state index in [4.69, 9.17) is 10.5 Å². The number of hydrogen-bond donors (Lipinski definition) is 1. The monoisotopic (exact) mass is 347 g/mol. The van der Waals surface area contributed by atoms with Crippen LogP contribution in [0.5, 0.6) is 0 Å². The molecule has 1 heterocycles. The van der Waals surface area contributed by atoms with Crippen LogP contribution in [0.2, 0.25) is 0 Å². The minimum Gasteiger partial charge on any atom is -0.444 e. The van der Waals surface area contributed by atoms with Gasteiger partial charge in [0.2, 0.25) is 5.91 Å². The zero-order chi connectivity index (χ0) is 18.6. The molecule has 1 fully saturated rings. The molecule has 0 spiro atoms. The molecular weight excluding hydrogens is 318 g/mol. The van der Waals surface area contributed by atoms with Crippen molar-refractivity contribution in [2.45, 2.75) is 45.8 Å². The molecule has 6 heteroatoms. The molecule has 0 bridgehead atoms. The molecule has 1 aromatic carbocycles. The Morgan fingerprint density at radius 1 is 1.28 bits per heavy atom. The molecule has 1 aliphatic rings. The standard InChI is InChI=1S/C19H29N3O3/c1-14-6-5-7-15(10-14)11-17(23)22-9-8-21(13-16(22)12-20)18(24)25-19(2,3)4/h5-7,10,16H,8-9,11-13,20H2,1-4H3. The fourth-order valence-corrected chi connectivity index (χ4v) is 2.98. The number of aryl methyl sites for hydroxylation is 1. The number of amides is 2. The number of piperazine rings is 1. The lowest BCUT2D eigenvalue weighted by Gasteiger charge is -2.41. The zero-order valence-electron chi connectivity index (χ0n) is 15.6. The number of ether oxygens (including phenoxy) is 1. The van der Waals surface area contributed by atoms with Crippen LogP contribution < -0.4 is 5.73 Å². The van der Waals surface area contributed by atoms with Crippen LogP contribution in [-0.2, 0) is 16.0 Å². The first kappa shape index (κ1) is 19.2. The second kappa shape index (κ2) is 7.87. The maximum absolute atomic E-state index is 12.7. The van der Waals surface area contributed by atoms with Gasteiger partial charge in [0.05, 0.1) is 12.5 Å². The number of rotatable bonds is 3. The third kappa shape index (κ3) is 5.46. The summed E-state index contributed by atoms with van der Waals surface area (Å²) >= 11 is 0. The Labute approximate surface area is 149 Å². The number of benzene rings is 1. The summed E-state index contributed by atoms with van der Waals surface area (Å²) in [6.07, 6.45) is 0.00156. The number of nitrogens with zero attached hydrogens (tertiary/aromatic N) is 2. The van der Waals surface area contributed by atoms with Crippen LogP contribution in [-0.4, -0.2) is 59.6 Å². The molecular formula is C19H29N3O3. The summed E-state index contributed by atoms with van der Waals surface area (Å²) < 4.78 is 5.42. The van der Waals surface area contributed by atoms with Crippen molar-refractivity contribution in [3.8, 4) is 0 Å². The van der Waals surface area contributed by atoms with Gasteiger partial charge >= 0.3 is 6.09 Å². The molecule has 1 unspecified atom stereocenters. The van der Waals surface area contributed by atoms with Crippen molar-refractivity contribution in [2.75, 3.05) is 26.2 Å². The Kier molecular flexibility index (Phi) is 6.06. The molecule has 6 nitrogen and oxygen atoms in total. The van der Waals surface area contributed by atoms with Gasteiger partial charge in [0, 0.05) is 26.2 Å². The average molecular weight is 347 g/mol. The molecule has 2 N–H and O–H groups in total. The van der Waals surface area contributed by atoms with Crippen molar-refractivity contribution in [2.24, 2.45) is 5.73 Å². The fraction of sp³-hybridized carbons (Fsp3) is 0.579. The Hall–Kier alpha value is -2.08. The maximum Gasteiger partial charge on any atom is 0.410 e. The van der Waals surface area contributed by atoms with Crippen LogP contribution >= 0.6 is 0 Å². The highest BCUT2D eigenvalue weighted by molar-refractivity contribution is 5.79. The van der Waals surface area contributed by atoms with Gasteiger partial charge in [-0.1, -0.05) is 29.8 Å². The third-order valence-electron chi connectivity index (χ3n) is 4.16. The number of hydrogen-bond acceptors (Lipinski definition) is 4. The summed E-state index contributed by atoms with van der Waals surface area (Å²) in [4.78, 5) is 28.4. The van der Waals surface area contributed by atoms with E-state index in [0.29, 0.717) is 32.6 Å². The second-order valence-electron chi connectivity index (χ2n) is 7.57. The van der Waals surface area contributed by atoms with Crippen molar-refractivity contribution < 1.29 is 14.3 Å². The minimum absolute atomic E-state index is 0.0462. The quantitative estimate of drug-likeness (QED) is 0.907. The molecule has 0 aromatic heterocycles. The first-order chi connectivity index (χ1) is 11.7. The first-order valence-electron chi connectivity index (χ1n) is 8.72. The fourth-order valence-electron chi connectivity index (χ4n) is 2.98. The molecule has 0 radical (unpaired) electrons. The van der Waals surface area contributed by atoms with Crippen LogP contribution in [0.4, 0.5) is 4.79 Å². The van der Waals surface area contributed by atoms with Gasteiger partial charge in [-0.25, -0.2) is 4.79 Å². The zero-order valence-corrected chi connectivity index (χ0v) is 15.6. The van der Waals surface area contributed by atoms with Crippen molar-refractivity contribution in [1.82, 2.24) is 9.80 Å². The summed E-state index contributed by atoms with van der Waals surface area (Å²) in [6.45, 7) is 9.20. The predicted molar refractivity (Wildman–Crippen MR) is 97.2 cm³/mol. The van der Waals surface area contributed by atoms with Crippen molar-refractivity contribution in [1.29, 1.82) is 0 Å². The predicted octanol–water partition coefficient (Wildman–Crippen LogP) is 1.94. The molecule has 1 aromatic rings. The van der Waals surface area contributed by atoms with Crippen molar-refractivity contribution in [3.05, 3.63) is 35.4 Å². The van der Waals surface area contributed by atoms with E-state index in [1.54, 1.807) is 9.80 Å². The van der Waals surface area contributed by atoms with E-state index >= 15 is 0 Å². The van der Waals surface area contributed by atoms with E-state index in [9.17, 15) is 9.59 Å².